The van der Waals surface area contributed by atoms with E-state index in [0.29, 0.717) is 18.1 Å². The van der Waals surface area contributed by atoms with Crippen LogP contribution in [0.5, 0.6) is 0 Å². The summed E-state index contributed by atoms with van der Waals surface area (Å²) in [5.74, 6) is 0.801. The Morgan fingerprint density at radius 2 is 2.21 bits per heavy atom. The third-order valence-electron chi connectivity index (χ3n) is 4.24. The van der Waals surface area contributed by atoms with Gasteiger partial charge in [-0.2, -0.15) is 0 Å². The molecule has 4 heteroatoms. The molecule has 2 rings (SSSR count). The molecule has 0 atom stereocenters. The zero-order valence-corrected chi connectivity index (χ0v) is 12.3. The molecule has 1 aliphatic carbocycles. The van der Waals surface area contributed by atoms with Crippen LogP contribution < -0.4 is 5.32 Å². The number of halogens is 1. The molecule has 0 aromatic carbocycles. The van der Waals surface area contributed by atoms with Crippen molar-refractivity contribution < 1.29 is 5.11 Å². The highest BCUT2D eigenvalue weighted by Crippen LogP contribution is 2.33. The maximum atomic E-state index is 10.5. The van der Waals surface area contributed by atoms with Crippen LogP contribution in [0.2, 0.25) is 5.02 Å². The van der Waals surface area contributed by atoms with Crippen molar-refractivity contribution in [1.29, 1.82) is 0 Å². The van der Waals surface area contributed by atoms with Gasteiger partial charge >= 0.3 is 0 Å². The van der Waals surface area contributed by atoms with Gasteiger partial charge in [-0.25, -0.2) is 0 Å². The summed E-state index contributed by atoms with van der Waals surface area (Å²) in [5, 5.41) is 14.5. The number of aromatic nitrogens is 1. The summed E-state index contributed by atoms with van der Waals surface area (Å²) in [6.07, 6.45) is 8.72. The molecule has 1 aromatic heterocycles. The molecule has 0 unspecified atom stereocenters. The van der Waals surface area contributed by atoms with Crippen LogP contribution in [0.4, 0.5) is 0 Å². The molecule has 1 heterocycles. The number of hydrogen-bond donors (Lipinski definition) is 2. The van der Waals surface area contributed by atoms with E-state index in [1.165, 1.54) is 6.42 Å². The lowest BCUT2D eigenvalue weighted by atomic mass is 9.78. The fourth-order valence-corrected chi connectivity index (χ4v) is 2.96. The Morgan fingerprint density at radius 3 is 2.84 bits per heavy atom. The average Bonchev–Trinajstić information content (AvgIpc) is 2.42. The third kappa shape index (κ3) is 4.16. The normalized spacial score (nSPS) is 27.4. The Bertz CT molecular complexity index is 403. The lowest BCUT2D eigenvalue weighted by Crippen LogP contribution is -2.43. The molecule has 0 saturated heterocycles. The van der Waals surface area contributed by atoms with Crippen LogP contribution in [0, 0.1) is 5.92 Å². The molecule has 0 bridgehead atoms. The first-order valence-electron chi connectivity index (χ1n) is 7.14. The number of nitrogens with one attached hydrogen (secondary N) is 1. The van der Waals surface area contributed by atoms with Crippen LogP contribution in [0.1, 0.15) is 44.6 Å². The standard InChI is InChI=1S/C15H23ClN2O/c1-2-12-3-6-15(19,7-4-12)11-18-9-13-5-8-17-10-14(13)16/h5,8,10,12,18-19H,2-4,6-7,9,11H2,1H3. The minimum Gasteiger partial charge on any atom is -0.389 e. The van der Waals surface area contributed by atoms with Gasteiger partial charge in [0.2, 0.25) is 0 Å². The number of nitrogens with zero attached hydrogens (tertiary/aromatic N) is 1. The SMILES string of the molecule is CCC1CCC(O)(CNCc2ccncc2Cl)CC1. The molecule has 2 N–H and O–H groups in total. The molecule has 3 nitrogen and oxygen atoms in total. The first-order valence-corrected chi connectivity index (χ1v) is 7.52. The minimum atomic E-state index is -0.537. The van der Waals surface area contributed by atoms with Crippen molar-refractivity contribution in [2.75, 3.05) is 6.54 Å². The van der Waals surface area contributed by atoms with Crippen LogP contribution in [0.3, 0.4) is 0 Å². The summed E-state index contributed by atoms with van der Waals surface area (Å²) >= 11 is 6.05. The molecular weight excluding hydrogens is 260 g/mol. The summed E-state index contributed by atoms with van der Waals surface area (Å²) in [5.41, 5.74) is 0.494. The Morgan fingerprint density at radius 1 is 1.47 bits per heavy atom. The average molecular weight is 283 g/mol. The summed E-state index contributed by atoms with van der Waals surface area (Å²) < 4.78 is 0. The van der Waals surface area contributed by atoms with Crippen molar-refractivity contribution in [3.05, 3.63) is 29.0 Å². The highest BCUT2D eigenvalue weighted by Gasteiger charge is 2.32. The Kier molecular flexibility index (Phi) is 5.20. The van der Waals surface area contributed by atoms with E-state index in [2.05, 4.69) is 17.2 Å². The number of hydrogen-bond acceptors (Lipinski definition) is 3. The van der Waals surface area contributed by atoms with Gasteiger partial charge < -0.3 is 10.4 Å². The topological polar surface area (TPSA) is 45.1 Å². The van der Waals surface area contributed by atoms with Gasteiger partial charge in [0.05, 0.1) is 10.6 Å². The second kappa shape index (κ2) is 6.69. The van der Waals surface area contributed by atoms with Crippen molar-refractivity contribution in [3.8, 4) is 0 Å². The molecule has 0 spiro atoms. The van der Waals surface area contributed by atoms with Crippen LogP contribution in [0.25, 0.3) is 0 Å². The Balaban J connectivity index is 1.78. The van der Waals surface area contributed by atoms with E-state index in [1.807, 2.05) is 6.07 Å². The highest BCUT2D eigenvalue weighted by atomic mass is 35.5. The molecule has 0 amide bonds. The second-order valence-corrected chi connectivity index (χ2v) is 6.05. The van der Waals surface area contributed by atoms with Gasteiger partial charge in [0.15, 0.2) is 0 Å². The molecular formula is C15H23ClN2O. The van der Waals surface area contributed by atoms with Gasteiger partial charge in [-0.05, 0) is 43.2 Å². The van der Waals surface area contributed by atoms with E-state index in [0.717, 1.165) is 37.2 Å². The van der Waals surface area contributed by atoms with Crippen LogP contribution >= 0.6 is 11.6 Å². The lowest BCUT2D eigenvalue weighted by Gasteiger charge is -2.36. The number of aliphatic hydroxyl groups is 1. The summed E-state index contributed by atoms with van der Waals surface area (Å²) in [6, 6.07) is 1.91. The molecule has 1 aromatic rings. The van der Waals surface area contributed by atoms with Crippen molar-refractivity contribution >= 4 is 11.6 Å². The minimum absolute atomic E-state index is 0.537. The fraction of sp³-hybridized carbons (Fsp3) is 0.667. The summed E-state index contributed by atoms with van der Waals surface area (Å²) in [7, 11) is 0. The van der Waals surface area contributed by atoms with Gasteiger partial charge in [-0.3, -0.25) is 4.98 Å². The van der Waals surface area contributed by atoms with Gasteiger partial charge in [-0.1, -0.05) is 24.9 Å². The quantitative estimate of drug-likeness (QED) is 0.872. The first-order chi connectivity index (χ1) is 9.13. The van der Waals surface area contributed by atoms with E-state index < -0.39 is 5.60 Å². The maximum absolute atomic E-state index is 10.5. The molecule has 1 saturated carbocycles. The zero-order chi connectivity index (χ0) is 13.7. The lowest BCUT2D eigenvalue weighted by molar-refractivity contribution is -0.00881. The smallest absolute Gasteiger partial charge is 0.0771 e. The molecule has 0 radical (unpaired) electrons. The molecule has 1 aliphatic rings. The van der Waals surface area contributed by atoms with E-state index in [-0.39, 0.29) is 0 Å². The summed E-state index contributed by atoms with van der Waals surface area (Å²) in [4.78, 5) is 3.97. The molecule has 106 valence electrons. The first kappa shape index (κ1) is 14.8. The van der Waals surface area contributed by atoms with E-state index >= 15 is 0 Å². The maximum Gasteiger partial charge on any atom is 0.0771 e. The second-order valence-electron chi connectivity index (χ2n) is 5.65. The Labute approximate surface area is 120 Å². The monoisotopic (exact) mass is 282 g/mol. The highest BCUT2D eigenvalue weighted by molar-refractivity contribution is 6.31. The molecule has 0 aliphatic heterocycles. The van der Waals surface area contributed by atoms with Crippen LogP contribution in [0.15, 0.2) is 18.5 Å². The van der Waals surface area contributed by atoms with Gasteiger partial charge in [-0.15, -0.1) is 0 Å². The third-order valence-corrected chi connectivity index (χ3v) is 4.58. The predicted octanol–water partition coefficient (Wildman–Crippen LogP) is 3.16. The van der Waals surface area contributed by atoms with Crippen LogP contribution in [-0.2, 0) is 6.54 Å². The summed E-state index contributed by atoms with van der Waals surface area (Å²) in [6.45, 7) is 3.56. The molecule has 1 fully saturated rings. The fourth-order valence-electron chi connectivity index (χ4n) is 2.78. The van der Waals surface area contributed by atoms with Crippen molar-refractivity contribution in [2.24, 2.45) is 5.92 Å². The number of rotatable bonds is 5. The predicted molar refractivity (Wildman–Crippen MR) is 78.2 cm³/mol. The largest absolute Gasteiger partial charge is 0.389 e. The Hall–Kier alpha value is -0.640. The van der Waals surface area contributed by atoms with Crippen molar-refractivity contribution in [3.63, 3.8) is 0 Å². The van der Waals surface area contributed by atoms with Crippen molar-refractivity contribution in [1.82, 2.24) is 10.3 Å². The number of pyridine rings is 1. The van der Waals surface area contributed by atoms with Gasteiger partial charge in [0.25, 0.3) is 0 Å². The van der Waals surface area contributed by atoms with E-state index in [1.54, 1.807) is 12.4 Å². The zero-order valence-electron chi connectivity index (χ0n) is 11.5. The van der Waals surface area contributed by atoms with Crippen molar-refractivity contribution in [2.45, 2.75) is 51.2 Å². The van der Waals surface area contributed by atoms with Gasteiger partial charge in [0, 0.05) is 25.5 Å². The van der Waals surface area contributed by atoms with E-state index in [4.69, 9.17) is 11.6 Å². The van der Waals surface area contributed by atoms with Crippen LogP contribution in [-0.4, -0.2) is 22.2 Å². The van der Waals surface area contributed by atoms with Gasteiger partial charge in [0.1, 0.15) is 0 Å². The van der Waals surface area contributed by atoms with E-state index in [9.17, 15) is 5.11 Å². The molecule has 19 heavy (non-hydrogen) atoms.